The summed E-state index contributed by atoms with van der Waals surface area (Å²) in [4.78, 5) is 4.06. The number of pyridine rings is 1. The maximum Gasteiger partial charge on any atom is 0.212 e. The van der Waals surface area contributed by atoms with Crippen molar-refractivity contribution >= 4 is 0 Å². The highest BCUT2D eigenvalue weighted by molar-refractivity contribution is 5.20. The van der Waals surface area contributed by atoms with Gasteiger partial charge in [0.05, 0.1) is 13.2 Å². The number of aromatic nitrogens is 1. The third-order valence-electron chi connectivity index (χ3n) is 1.85. The number of terminal acetylenes is 1. The van der Waals surface area contributed by atoms with Gasteiger partial charge >= 0.3 is 0 Å². The minimum absolute atomic E-state index is 0.162. The van der Waals surface area contributed by atoms with E-state index in [1.54, 1.807) is 19.4 Å². The molecular weight excluding hydrogens is 178 g/mol. The molecule has 1 heterocycles. The van der Waals surface area contributed by atoms with Gasteiger partial charge in [-0.3, -0.25) is 5.84 Å². The number of hydrogen-bond acceptors (Lipinski definition) is 4. The number of rotatable bonds is 4. The molecule has 4 nitrogen and oxygen atoms in total. The first-order chi connectivity index (χ1) is 6.80. The van der Waals surface area contributed by atoms with Crippen molar-refractivity contribution in [1.82, 2.24) is 10.4 Å². The molecule has 0 bridgehead atoms. The van der Waals surface area contributed by atoms with Gasteiger partial charge in [0.15, 0.2) is 0 Å². The van der Waals surface area contributed by atoms with Gasteiger partial charge in [-0.1, -0.05) is 12.0 Å². The molecule has 4 heteroatoms. The Morgan fingerprint density at radius 3 is 2.93 bits per heavy atom. The summed E-state index contributed by atoms with van der Waals surface area (Å²) in [5.41, 5.74) is 3.55. The summed E-state index contributed by atoms with van der Waals surface area (Å²) in [6.45, 7) is 0. The average molecular weight is 191 g/mol. The van der Waals surface area contributed by atoms with Crippen molar-refractivity contribution in [3.8, 4) is 18.2 Å². The third kappa shape index (κ3) is 2.73. The standard InChI is InChI=1S/C10H13N3O/c1-3-9(13-11)6-8-4-5-10(14-2)12-7-8/h1,4-5,7,9,13H,6,11H2,2H3. The van der Waals surface area contributed by atoms with E-state index in [2.05, 4.69) is 16.3 Å². The molecule has 0 saturated carbocycles. The minimum Gasteiger partial charge on any atom is -0.481 e. The molecule has 0 radical (unpaired) electrons. The Morgan fingerprint density at radius 2 is 2.50 bits per heavy atom. The highest BCUT2D eigenvalue weighted by atomic mass is 16.5. The Morgan fingerprint density at radius 1 is 1.71 bits per heavy atom. The van der Waals surface area contributed by atoms with Crippen molar-refractivity contribution in [2.24, 2.45) is 5.84 Å². The Labute approximate surface area is 83.4 Å². The van der Waals surface area contributed by atoms with Crippen molar-refractivity contribution in [3.63, 3.8) is 0 Å². The second-order valence-electron chi connectivity index (χ2n) is 2.80. The molecule has 1 aromatic heterocycles. The molecule has 1 aromatic rings. The van der Waals surface area contributed by atoms with Crippen LogP contribution in [0, 0.1) is 12.3 Å². The molecule has 0 fully saturated rings. The Hall–Kier alpha value is -1.57. The molecule has 1 atom stereocenters. The first kappa shape index (κ1) is 10.5. The Kier molecular flexibility index (Phi) is 3.92. The number of hydrazine groups is 1. The number of nitrogens with one attached hydrogen (secondary N) is 1. The topological polar surface area (TPSA) is 60.2 Å². The number of methoxy groups -OCH3 is 1. The van der Waals surface area contributed by atoms with Crippen LogP contribution >= 0.6 is 0 Å². The molecule has 0 aliphatic rings. The minimum atomic E-state index is -0.162. The maximum atomic E-state index is 5.25. The molecule has 1 rings (SSSR count). The molecule has 0 aromatic carbocycles. The SMILES string of the molecule is C#CC(Cc1ccc(OC)nc1)NN. The molecular formula is C10H13N3O. The summed E-state index contributed by atoms with van der Waals surface area (Å²) >= 11 is 0. The van der Waals surface area contributed by atoms with Gasteiger partial charge < -0.3 is 4.74 Å². The third-order valence-corrected chi connectivity index (χ3v) is 1.85. The molecule has 14 heavy (non-hydrogen) atoms. The first-order valence-electron chi connectivity index (χ1n) is 4.21. The van der Waals surface area contributed by atoms with Crippen molar-refractivity contribution in [3.05, 3.63) is 23.9 Å². The molecule has 0 spiro atoms. The predicted molar refractivity (Wildman–Crippen MR) is 54.4 cm³/mol. The fraction of sp³-hybridized carbons (Fsp3) is 0.300. The summed E-state index contributed by atoms with van der Waals surface area (Å²) < 4.78 is 4.94. The molecule has 0 amide bonds. The highest BCUT2D eigenvalue weighted by Gasteiger charge is 2.03. The lowest BCUT2D eigenvalue weighted by atomic mass is 10.1. The summed E-state index contributed by atoms with van der Waals surface area (Å²) in [6.07, 6.45) is 7.63. The van der Waals surface area contributed by atoms with Crippen LogP contribution in [-0.2, 0) is 6.42 Å². The molecule has 0 aliphatic heterocycles. The van der Waals surface area contributed by atoms with Crippen molar-refractivity contribution < 1.29 is 4.74 Å². The van der Waals surface area contributed by atoms with E-state index in [-0.39, 0.29) is 6.04 Å². The largest absolute Gasteiger partial charge is 0.481 e. The van der Waals surface area contributed by atoms with Crippen LogP contribution < -0.4 is 16.0 Å². The van der Waals surface area contributed by atoms with Gasteiger partial charge in [0.2, 0.25) is 5.88 Å². The van der Waals surface area contributed by atoms with Crippen LogP contribution in [0.3, 0.4) is 0 Å². The maximum absolute atomic E-state index is 5.25. The van der Waals surface area contributed by atoms with Crippen LogP contribution in [0.4, 0.5) is 0 Å². The van der Waals surface area contributed by atoms with Crippen LogP contribution in [0.1, 0.15) is 5.56 Å². The van der Waals surface area contributed by atoms with Gasteiger partial charge in [-0.2, -0.15) is 0 Å². The fourth-order valence-electron chi connectivity index (χ4n) is 1.05. The average Bonchev–Trinajstić information content (AvgIpc) is 2.26. The zero-order chi connectivity index (χ0) is 10.4. The van der Waals surface area contributed by atoms with E-state index >= 15 is 0 Å². The quantitative estimate of drug-likeness (QED) is 0.402. The monoisotopic (exact) mass is 191 g/mol. The lowest BCUT2D eigenvalue weighted by Gasteiger charge is -2.08. The molecule has 0 saturated heterocycles. The molecule has 1 unspecified atom stereocenters. The summed E-state index contributed by atoms with van der Waals surface area (Å²) in [7, 11) is 1.58. The molecule has 3 N–H and O–H groups in total. The Balaban J connectivity index is 2.64. The Bertz CT molecular complexity index is 315. The second-order valence-corrected chi connectivity index (χ2v) is 2.80. The summed E-state index contributed by atoms with van der Waals surface area (Å²) in [6, 6.07) is 3.54. The van der Waals surface area contributed by atoms with Gasteiger partial charge in [-0.05, 0) is 5.56 Å². The number of nitrogens with two attached hydrogens (primary N) is 1. The summed E-state index contributed by atoms with van der Waals surface area (Å²) in [5, 5.41) is 0. The normalized spacial score (nSPS) is 11.8. The van der Waals surface area contributed by atoms with Crippen molar-refractivity contribution in [2.45, 2.75) is 12.5 Å². The zero-order valence-electron chi connectivity index (χ0n) is 8.03. The lowest BCUT2D eigenvalue weighted by Crippen LogP contribution is -2.35. The van der Waals surface area contributed by atoms with Gasteiger partial charge in [0.1, 0.15) is 0 Å². The second kappa shape index (κ2) is 5.22. The first-order valence-corrected chi connectivity index (χ1v) is 4.21. The lowest BCUT2D eigenvalue weighted by molar-refractivity contribution is 0.397. The zero-order valence-corrected chi connectivity index (χ0v) is 8.03. The predicted octanol–water partition coefficient (Wildman–Crippen LogP) is 0.0978. The van der Waals surface area contributed by atoms with Gasteiger partial charge in [-0.15, -0.1) is 6.42 Å². The smallest absolute Gasteiger partial charge is 0.212 e. The fourth-order valence-corrected chi connectivity index (χ4v) is 1.05. The van der Waals surface area contributed by atoms with E-state index in [4.69, 9.17) is 17.0 Å². The van der Waals surface area contributed by atoms with E-state index in [0.717, 1.165) is 5.56 Å². The molecule has 74 valence electrons. The number of nitrogens with zero attached hydrogens (tertiary/aromatic N) is 1. The van der Waals surface area contributed by atoms with Crippen molar-refractivity contribution in [1.29, 1.82) is 0 Å². The van der Waals surface area contributed by atoms with Gasteiger partial charge in [0.25, 0.3) is 0 Å². The van der Waals surface area contributed by atoms with Crippen LogP contribution in [0.2, 0.25) is 0 Å². The highest BCUT2D eigenvalue weighted by Crippen LogP contribution is 2.08. The van der Waals surface area contributed by atoms with E-state index in [9.17, 15) is 0 Å². The summed E-state index contributed by atoms with van der Waals surface area (Å²) in [5.74, 6) is 8.37. The van der Waals surface area contributed by atoms with Crippen LogP contribution in [0.15, 0.2) is 18.3 Å². The van der Waals surface area contributed by atoms with Gasteiger partial charge in [0, 0.05) is 18.7 Å². The number of ether oxygens (including phenoxy) is 1. The van der Waals surface area contributed by atoms with E-state index in [1.807, 2.05) is 6.07 Å². The molecule has 0 aliphatic carbocycles. The number of hydrogen-bond donors (Lipinski definition) is 2. The van der Waals surface area contributed by atoms with Crippen LogP contribution in [0.5, 0.6) is 5.88 Å². The van der Waals surface area contributed by atoms with Crippen molar-refractivity contribution in [2.75, 3.05) is 7.11 Å². The van der Waals surface area contributed by atoms with Gasteiger partial charge in [-0.25, -0.2) is 10.4 Å². The van der Waals surface area contributed by atoms with E-state index < -0.39 is 0 Å². The van der Waals surface area contributed by atoms with Crippen LogP contribution in [-0.4, -0.2) is 18.1 Å². The van der Waals surface area contributed by atoms with Crippen LogP contribution in [0.25, 0.3) is 0 Å². The van der Waals surface area contributed by atoms with E-state index in [0.29, 0.717) is 12.3 Å². The van der Waals surface area contributed by atoms with E-state index in [1.165, 1.54) is 0 Å².